The van der Waals surface area contributed by atoms with Gasteiger partial charge in [-0.25, -0.2) is 0 Å². The Hall–Kier alpha value is -5.02. The summed E-state index contributed by atoms with van der Waals surface area (Å²) in [5, 5.41) is 32.3. The molecule has 248 valence electrons. The van der Waals surface area contributed by atoms with Crippen molar-refractivity contribution in [3.05, 3.63) is 65.7 Å². The minimum absolute atomic E-state index is 0.0170. The van der Waals surface area contributed by atoms with E-state index in [0.29, 0.717) is 30.5 Å². The predicted molar refractivity (Wildman–Crippen MR) is 165 cm³/mol. The number of unbranched alkanes of at least 4 members (excludes halogenated alkanes) is 1. The Morgan fingerprint density at radius 1 is 0.630 bits per heavy atom. The molecular weight excluding hydrogens is 598 g/mol. The van der Waals surface area contributed by atoms with Crippen molar-refractivity contribution in [1.82, 2.24) is 26.6 Å². The number of carbonyl (C=O) groups is 6. The van der Waals surface area contributed by atoms with Gasteiger partial charge in [0, 0.05) is 12.8 Å². The number of nitrogens with one attached hydrogen (secondary N) is 5. The fourth-order valence-electron chi connectivity index (χ4n) is 4.86. The summed E-state index contributed by atoms with van der Waals surface area (Å²) in [5.74, 6) is -5.16. The van der Waals surface area contributed by atoms with Gasteiger partial charge in [0.1, 0.15) is 36.0 Å². The second kappa shape index (κ2) is 17.5. The number of aliphatic hydroxyl groups excluding tert-OH is 1. The minimum Gasteiger partial charge on any atom is -0.508 e. The van der Waals surface area contributed by atoms with Gasteiger partial charge in [-0.3, -0.25) is 28.8 Å². The Morgan fingerprint density at radius 3 is 1.63 bits per heavy atom. The zero-order valence-corrected chi connectivity index (χ0v) is 25.2. The Bertz CT molecular complexity index is 1370. The highest BCUT2D eigenvalue weighted by Gasteiger charge is 2.35. The molecule has 3 rings (SSSR count). The monoisotopic (exact) mass is 639 g/mol. The molecule has 2 aromatic rings. The molecule has 2 aromatic carbocycles. The van der Waals surface area contributed by atoms with E-state index in [0.717, 1.165) is 0 Å². The lowest BCUT2D eigenvalue weighted by molar-refractivity contribution is -0.135. The summed E-state index contributed by atoms with van der Waals surface area (Å²) in [6, 6.07) is 7.88. The molecule has 1 aliphatic heterocycles. The number of hydrogen-bond acceptors (Lipinski definition) is 9. The number of rotatable bonds is 11. The van der Waals surface area contributed by atoms with Gasteiger partial charge in [-0.15, -0.1) is 0 Å². The average molecular weight is 640 g/mol. The summed E-state index contributed by atoms with van der Waals surface area (Å²) >= 11 is 0. The van der Waals surface area contributed by atoms with E-state index in [-0.39, 0.29) is 25.0 Å². The molecule has 1 saturated heterocycles. The van der Waals surface area contributed by atoms with Crippen molar-refractivity contribution in [2.45, 2.75) is 68.7 Å². The number of phenols is 1. The molecule has 1 heterocycles. The van der Waals surface area contributed by atoms with Gasteiger partial charge in [0.25, 0.3) is 0 Å². The van der Waals surface area contributed by atoms with E-state index >= 15 is 0 Å². The van der Waals surface area contributed by atoms with E-state index in [1.165, 1.54) is 12.1 Å². The SMILES string of the molecule is NCCCC[C@@H]1NC(=O)[C@H](Cc2ccccc2)NC(=O)[C@H](Cc2ccc(O)cc2)NC(=O)[C@@H](CO)NC(=O)[C@H](CC(N)=O)NC1=O. The summed E-state index contributed by atoms with van der Waals surface area (Å²) < 4.78 is 0. The molecule has 46 heavy (non-hydrogen) atoms. The van der Waals surface area contributed by atoms with Crippen LogP contribution in [0.25, 0.3) is 0 Å². The standard InChI is InChI=1S/C31H41N7O8/c32-13-5-4-8-21-27(42)37-24(16-26(33)41)30(45)38-25(17-39)31(46)36-23(15-19-9-11-20(40)12-10-19)29(44)35-22(28(43)34-21)14-18-6-2-1-3-7-18/h1-3,6-7,9-12,21-25,39-40H,4-5,8,13-17,32H2,(H2,33,41)(H,34,43)(H,35,44)(H,36,46)(H,37,42)(H,38,45)/t21-,22-,23-,24-,25+/m0/s1. The molecule has 1 fully saturated rings. The Morgan fingerprint density at radius 2 is 1.09 bits per heavy atom. The first-order valence-electron chi connectivity index (χ1n) is 14.9. The molecule has 0 unspecified atom stereocenters. The van der Waals surface area contributed by atoms with Crippen LogP contribution >= 0.6 is 0 Å². The van der Waals surface area contributed by atoms with Crippen molar-refractivity contribution in [2.24, 2.45) is 11.5 Å². The van der Waals surface area contributed by atoms with Crippen LogP contribution in [0.1, 0.15) is 36.8 Å². The van der Waals surface area contributed by atoms with Crippen LogP contribution in [0.2, 0.25) is 0 Å². The largest absolute Gasteiger partial charge is 0.508 e. The highest BCUT2D eigenvalue weighted by Crippen LogP contribution is 2.13. The first-order valence-corrected chi connectivity index (χ1v) is 14.9. The van der Waals surface area contributed by atoms with Crippen LogP contribution in [-0.4, -0.2) is 89.0 Å². The molecule has 15 heteroatoms. The van der Waals surface area contributed by atoms with Crippen LogP contribution in [-0.2, 0) is 41.6 Å². The van der Waals surface area contributed by atoms with E-state index in [2.05, 4.69) is 26.6 Å². The van der Waals surface area contributed by atoms with Crippen molar-refractivity contribution in [3.63, 3.8) is 0 Å². The third kappa shape index (κ3) is 10.9. The first-order chi connectivity index (χ1) is 22.0. The van der Waals surface area contributed by atoms with Crippen LogP contribution in [0.15, 0.2) is 54.6 Å². The Kier molecular flexibility index (Phi) is 13.5. The molecule has 5 atom stereocenters. The highest BCUT2D eigenvalue weighted by atomic mass is 16.3. The number of primary amides is 1. The molecular formula is C31H41N7O8. The lowest BCUT2D eigenvalue weighted by atomic mass is 10.0. The van der Waals surface area contributed by atoms with E-state index in [9.17, 15) is 39.0 Å². The van der Waals surface area contributed by atoms with Gasteiger partial charge in [0.05, 0.1) is 13.0 Å². The molecule has 0 radical (unpaired) electrons. The molecule has 15 nitrogen and oxygen atoms in total. The van der Waals surface area contributed by atoms with E-state index in [1.807, 2.05) is 0 Å². The van der Waals surface area contributed by atoms with Gasteiger partial charge in [-0.05, 0) is 49.1 Å². The van der Waals surface area contributed by atoms with Crippen LogP contribution in [0.4, 0.5) is 0 Å². The van der Waals surface area contributed by atoms with Gasteiger partial charge in [-0.2, -0.15) is 0 Å². The average Bonchev–Trinajstić information content (AvgIpc) is 3.02. The van der Waals surface area contributed by atoms with E-state index < -0.39 is 78.7 Å². The third-order valence-corrected chi connectivity index (χ3v) is 7.36. The smallest absolute Gasteiger partial charge is 0.245 e. The zero-order valence-electron chi connectivity index (χ0n) is 25.2. The van der Waals surface area contributed by atoms with Crippen molar-refractivity contribution in [3.8, 4) is 5.75 Å². The van der Waals surface area contributed by atoms with Gasteiger partial charge in [0.15, 0.2) is 0 Å². The van der Waals surface area contributed by atoms with Crippen LogP contribution < -0.4 is 38.1 Å². The summed E-state index contributed by atoms with van der Waals surface area (Å²) in [4.78, 5) is 79.2. The zero-order chi connectivity index (χ0) is 33.6. The van der Waals surface area contributed by atoms with Gasteiger partial charge in [0.2, 0.25) is 35.4 Å². The maximum atomic E-state index is 13.8. The number of benzene rings is 2. The van der Waals surface area contributed by atoms with E-state index in [4.69, 9.17) is 11.5 Å². The maximum absolute atomic E-state index is 13.8. The third-order valence-electron chi connectivity index (χ3n) is 7.36. The second-order valence-electron chi connectivity index (χ2n) is 11.0. The number of aliphatic hydroxyl groups is 1. The molecule has 1 aliphatic rings. The summed E-state index contributed by atoms with van der Waals surface area (Å²) in [6.45, 7) is -0.561. The number of hydrogen-bond donors (Lipinski definition) is 9. The molecule has 0 aliphatic carbocycles. The number of phenolic OH excluding ortho intramolecular Hbond substituents is 1. The molecule has 0 bridgehead atoms. The Balaban J connectivity index is 2.05. The molecule has 11 N–H and O–H groups in total. The van der Waals surface area contributed by atoms with Crippen molar-refractivity contribution < 1.29 is 39.0 Å². The summed E-state index contributed by atoms with van der Waals surface area (Å²) in [7, 11) is 0. The van der Waals surface area contributed by atoms with E-state index in [1.54, 1.807) is 42.5 Å². The van der Waals surface area contributed by atoms with Crippen LogP contribution in [0.5, 0.6) is 5.75 Å². The maximum Gasteiger partial charge on any atom is 0.245 e. The fourth-order valence-corrected chi connectivity index (χ4v) is 4.86. The van der Waals surface area contributed by atoms with Crippen molar-refractivity contribution in [1.29, 1.82) is 0 Å². The van der Waals surface area contributed by atoms with Gasteiger partial charge >= 0.3 is 0 Å². The molecule has 0 saturated carbocycles. The highest BCUT2D eigenvalue weighted by molar-refractivity contribution is 5.99. The molecule has 0 spiro atoms. The molecule has 6 amide bonds. The normalized spacial score (nSPS) is 23.1. The van der Waals surface area contributed by atoms with Crippen LogP contribution in [0.3, 0.4) is 0 Å². The van der Waals surface area contributed by atoms with Crippen molar-refractivity contribution >= 4 is 35.4 Å². The second-order valence-corrected chi connectivity index (χ2v) is 11.0. The minimum atomic E-state index is -1.58. The number of amides is 6. The van der Waals surface area contributed by atoms with Gasteiger partial charge in [-0.1, -0.05) is 42.5 Å². The van der Waals surface area contributed by atoms with Crippen LogP contribution in [0, 0.1) is 0 Å². The summed E-state index contributed by atoms with van der Waals surface area (Å²) in [6.07, 6.45) is 0.376. The quantitative estimate of drug-likeness (QED) is 0.119. The lowest BCUT2D eigenvalue weighted by Crippen LogP contribution is -2.59. The lowest BCUT2D eigenvalue weighted by Gasteiger charge is -2.26. The first kappa shape index (κ1) is 35.5. The predicted octanol–water partition coefficient (Wildman–Crippen LogP) is -2.39. The number of aromatic hydroxyl groups is 1. The van der Waals surface area contributed by atoms with Crippen molar-refractivity contribution in [2.75, 3.05) is 13.2 Å². The number of carbonyl (C=O) groups excluding carboxylic acids is 6. The topological polar surface area (TPSA) is 255 Å². The molecule has 0 aromatic heterocycles. The summed E-state index contributed by atoms with van der Waals surface area (Å²) in [5.41, 5.74) is 12.2. The fraction of sp³-hybridized carbons (Fsp3) is 0.419. The van der Waals surface area contributed by atoms with Gasteiger partial charge < -0.3 is 48.3 Å². The Labute approximate surface area is 265 Å². The number of nitrogens with two attached hydrogens (primary N) is 2.